The van der Waals surface area contributed by atoms with Crippen LogP contribution < -0.4 is 5.32 Å². The Kier molecular flexibility index (Phi) is 2.48. The highest BCUT2D eigenvalue weighted by Gasteiger charge is 2.24. The molecule has 0 saturated carbocycles. The molecule has 0 saturated heterocycles. The van der Waals surface area contributed by atoms with Gasteiger partial charge in [0.1, 0.15) is 5.82 Å². The summed E-state index contributed by atoms with van der Waals surface area (Å²) >= 11 is 0. The van der Waals surface area contributed by atoms with Crippen LogP contribution in [0.3, 0.4) is 0 Å². The predicted molar refractivity (Wildman–Crippen MR) is 58.6 cm³/mol. The summed E-state index contributed by atoms with van der Waals surface area (Å²) in [5, 5.41) is 8.06. The molecule has 2 atom stereocenters. The van der Waals surface area contributed by atoms with Gasteiger partial charge in [-0.2, -0.15) is 5.10 Å². The van der Waals surface area contributed by atoms with Crippen LogP contribution in [0.25, 0.3) is 0 Å². The maximum Gasteiger partial charge on any atom is 0.125 e. The molecule has 78 valence electrons. The Morgan fingerprint density at radius 1 is 1.50 bits per heavy atom. The van der Waals surface area contributed by atoms with Crippen LogP contribution in [0.1, 0.15) is 44.8 Å². The molecule has 0 bridgehead atoms. The lowest BCUT2D eigenvalue weighted by atomic mass is 10.0. The third-order valence-electron chi connectivity index (χ3n) is 3.08. The molecule has 3 nitrogen and oxygen atoms in total. The topological polar surface area (TPSA) is 29.9 Å². The van der Waals surface area contributed by atoms with E-state index in [0.717, 1.165) is 5.69 Å². The van der Waals surface area contributed by atoms with Crippen LogP contribution in [0.5, 0.6) is 0 Å². The van der Waals surface area contributed by atoms with E-state index in [1.807, 2.05) is 0 Å². The van der Waals surface area contributed by atoms with E-state index < -0.39 is 0 Å². The normalized spacial score (nSPS) is 25.6. The van der Waals surface area contributed by atoms with E-state index in [-0.39, 0.29) is 0 Å². The van der Waals surface area contributed by atoms with Gasteiger partial charge in [-0.05, 0) is 26.2 Å². The summed E-state index contributed by atoms with van der Waals surface area (Å²) in [6, 6.07) is 3.36. The van der Waals surface area contributed by atoms with Crippen molar-refractivity contribution < 1.29 is 0 Å². The summed E-state index contributed by atoms with van der Waals surface area (Å²) in [5.41, 5.74) is 1.11. The maximum absolute atomic E-state index is 4.53. The predicted octanol–water partition coefficient (Wildman–Crippen LogP) is 2.74. The Morgan fingerprint density at radius 3 is 2.93 bits per heavy atom. The van der Waals surface area contributed by atoms with E-state index in [1.54, 1.807) is 0 Å². The summed E-state index contributed by atoms with van der Waals surface area (Å²) in [6.45, 7) is 6.54. The molecule has 0 aromatic carbocycles. The third-order valence-corrected chi connectivity index (χ3v) is 3.08. The zero-order valence-corrected chi connectivity index (χ0v) is 9.25. The van der Waals surface area contributed by atoms with Crippen molar-refractivity contribution in [2.24, 2.45) is 0 Å². The lowest BCUT2D eigenvalue weighted by Crippen LogP contribution is -2.31. The molecule has 1 N–H and O–H groups in total. The summed E-state index contributed by atoms with van der Waals surface area (Å²) in [4.78, 5) is 0. The van der Waals surface area contributed by atoms with Gasteiger partial charge in [0, 0.05) is 12.1 Å². The van der Waals surface area contributed by atoms with E-state index in [4.69, 9.17) is 0 Å². The number of hydrogen-bond donors (Lipinski definition) is 1. The smallest absolute Gasteiger partial charge is 0.125 e. The van der Waals surface area contributed by atoms with E-state index in [2.05, 4.69) is 41.9 Å². The quantitative estimate of drug-likeness (QED) is 0.782. The molecule has 3 heteroatoms. The van der Waals surface area contributed by atoms with Crippen molar-refractivity contribution in [3.05, 3.63) is 11.8 Å². The monoisotopic (exact) mass is 193 g/mol. The molecular weight excluding hydrogens is 174 g/mol. The van der Waals surface area contributed by atoms with Crippen LogP contribution in [0, 0.1) is 6.92 Å². The van der Waals surface area contributed by atoms with Gasteiger partial charge in [0.25, 0.3) is 0 Å². The van der Waals surface area contributed by atoms with E-state index >= 15 is 0 Å². The van der Waals surface area contributed by atoms with Gasteiger partial charge < -0.3 is 5.32 Å². The zero-order chi connectivity index (χ0) is 10.1. The first-order valence-electron chi connectivity index (χ1n) is 5.57. The molecule has 0 aliphatic carbocycles. The SMILES string of the molecule is CCC1CC(CC)n2nc(C)cc2N1. The fraction of sp³-hybridized carbons (Fsp3) is 0.727. The first kappa shape index (κ1) is 9.56. The minimum Gasteiger partial charge on any atom is -0.367 e. The second-order valence-corrected chi connectivity index (χ2v) is 4.16. The molecule has 1 aliphatic heterocycles. The summed E-state index contributed by atoms with van der Waals surface area (Å²) in [6.07, 6.45) is 3.58. The molecule has 1 aliphatic rings. The Balaban J connectivity index is 2.30. The van der Waals surface area contributed by atoms with Crippen molar-refractivity contribution in [2.75, 3.05) is 5.32 Å². The summed E-state index contributed by atoms with van der Waals surface area (Å²) in [5.74, 6) is 1.20. The van der Waals surface area contributed by atoms with Gasteiger partial charge in [0.15, 0.2) is 0 Å². The molecule has 14 heavy (non-hydrogen) atoms. The van der Waals surface area contributed by atoms with E-state index in [9.17, 15) is 0 Å². The Bertz CT molecular complexity index is 316. The molecule has 2 rings (SSSR count). The number of anilines is 1. The average molecular weight is 193 g/mol. The van der Waals surface area contributed by atoms with Crippen molar-refractivity contribution in [1.82, 2.24) is 9.78 Å². The van der Waals surface area contributed by atoms with Crippen LogP contribution in [0.2, 0.25) is 0 Å². The Hall–Kier alpha value is -0.990. The lowest BCUT2D eigenvalue weighted by molar-refractivity contribution is 0.361. The number of aromatic nitrogens is 2. The van der Waals surface area contributed by atoms with Crippen LogP contribution in [-0.2, 0) is 0 Å². The van der Waals surface area contributed by atoms with Crippen molar-refractivity contribution in [1.29, 1.82) is 0 Å². The highest BCUT2D eigenvalue weighted by Crippen LogP contribution is 2.30. The molecule has 1 aromatic rings. The molecule has 0 fully saturated rings. The van der Waals surface area contributed by atoms with Crippen LogP contribution in [0.15, 0.2) is 6.07 Å². The highest BCUT2D eigenvalue weighted by atomic mass is 15.4. The fourth-order valence-electron chi connectivity index (χ4n) is 2.21. The Morgan fingerprint density at radius 2 is 2.29 bits per heavy atom. The number of hydrogen-bond acceptors (Lipinski definition) is 2. The van der Waals surface area contributed by atoms with Crippen molar-refractivity contribution in [2.45, 2.75) is 52.1 Å². The molecular formula is C11H19N3. The van der Waals surface area contributed by atoms with Gasteiger partial charge in [-0.1, -0.05) is 13.8 Å². The molecule has 2 unspecified atom stereocenters. The van der Waals surface area contributed by atoms with E-state index in [0.29, 0.717) is 12.1 Å². The minimum absolute atomic E-state index is 0.588. The zero-order valence-electron chi connectivity index (χ0n) is 9.25. The van der Waals surface area contributed by atoms with Crippen molar-refractivity contribution in [3.63, 3.8) is 0 Å². The molecule has 0 amide bonds. The van der Waals surface area contributed by atoms with Gasteiger partial charge in [0.2, 0.25) is 0 Å². The molecule has 0 radical (unpaired) electrons. The summed E-state index contributed by atoms with van der Waals surface area (Å²) in [7, 11) is 0. The highest BCUT2D eigenvalue weighted by molar-refractivity contribution is 5.40. The van der Waals surface area contributed by atoms with Crippen molar-refractivity contribution in [3.8, 4) is 0 Å². The minimum atomic E-state index is 0.588. The summed E-state index contributed by atoms with van der Waals surface area (Å²) < 4.78 is 2.15. The second kappa shape index (κ2) is 3.64. The number of fused-ring (bicyclic) bond motifs is 1. The first-order valence-corrected chi connectivity index (χ1v) is 5.57. The van der Waals surface area contributed by atoms with Crippen LogP contribution in [0.4, 0.5) is 5.82 Å². The number of aryl methyl sites for hydroxylation is 1. The van der Waals surface area contributed by atoms with Crippen LogP contribution >= 0.6 is 0 Å². The van der Waals surface area contributed by atoms with Crippen LogP contribution in [-0.4, -0.2) is 15.8 Å². The number of nitrogens with one attached hydrogen (secondary N) is 1. The third kappa shape index (κ3) is 1.51. The van der Waals surface area contributed by atoms with Crippen molar-refractivity contribution >= 4 is 5.82 Å². The average Bonchev–Trinajstić information content (AvgIpc) is 2.56. The number of nitrogens with zero attached hydrogens (tertiary/aromatic N) is 2. The lowest BCUT2D eigenvalue weighted by Gasteiger charge is -2.31. The van der Waals surface area contributed by atoms with Gasteiger partial charge >= 0.3 is 0 Å². The fourth-order valence-corrected chi connectivity index (χ4v) is 2.21. The standard InChI is InChI=1S/C11H19N3/c1-4-9-7-10(5-2)14-11(12-9)6-8(3)13-14/h6,9-10,12H,4-5,7H2,1-3H3. The van der Waals surface area contributed by atoms with Gasteiger partial charge in [-0.25, -0.2) is 4.68 Å². The number of rotatable bonds is 2. The van der Waals surface area contributed by atoms with Gasteiger partial charge in [0.05, 0.1) is 11.7 Å². The van der Waals surface area contributed by atoms with Gasteiger partial charge in [-0.15, -0.1) is 0 Å². The Labute approximate surface area is 85.5 Å². The largest absolute Gasteiger partial charge is 0.367 e. The first-order chi connectivity index (χ1) is 6.74. The maximum atomic E-state index is 4.53. The van der Waals surface area contributed by atoms with Gasteiger partial charge in [-0.3, -0.25) is 0 Å². The second-order valence-electron chi connectivity index (χ2n) is 4.16. The van der Waals surface area contributed by atoms with E-state index in [1.165, 1.54) is 25.1 Å². The molecule has 0 spiro atoms. The molecule has 2 heterocycles. The molecule has 1 aromatic heterocycles.